The molecule has 0 spiro atoms. The molecule has 1 N–H and O–H groups in total. The van der Waals surface area contributed by atoms with Crippen molar-refractivity contribution in [3.8, 4) is 5.69 Å². The minimum absolute atomic E-state index is 0.192. The van der Waals surface area contributed by atoms with Gasteiger partial charge in [0.1, 0.15) is 5.69 Å². The molecule has 0 aliphatic heterocycles. The fraction of sp³-hybridized carbons (Fsp3) is 0.0714. The molecule has 0 saturated heterocycles. The van der Waals surface area contributed by atoms with E-state index in [0.29, 0.717) is 22.8 Å². The van der Waals surface area contributed by atoms with E-state index >= 15 is 0 Å². The number of halogens is 1. The maximum Gasteiger partial charge on any atom is 0.251 e. The van der Waals surface area contributed by atoms with Gasteiger partial charge in [-0.25, -0.2) is 4.68 Å². The summed E-state index contributed by atoms with van der Waals surface area (Å²) in [5.41, 5.74) is 2.17. The Hall–Kier alpha value is -2.18. The van der Waals surface area contributed by atoms with E-state index in [0.717, 1.165) is 5.69 Å². The van der Waals surface area contributed by atoms with E-state index in [1.165, 1.54) is 0 Å². The molecule has 0 atom stereocenters. The van der Waals surface area contributed by atoms with Gasteiger partial charge in [0.2, 0.25) is 0 Å². The smallest absolute Gasteiger partial charge is 0.251 e. The molecule has 2 heterocycles. The molecule has 0 aliphatic rings. The first kappa shape index (κ1) is 13.8. The number of rotatable bonds is 4. The zero-order chi connectivity index (χ0) is 14.7. The van der Waals surface area contributed by atoms with E-state index in [9.17, 15) is 4.79 Å². The van der Waals surface area contributed by atoms with Crippen molar-refractivity contribution < 1.29 is 4.79 Å². The van der Waals surface area contributed by atoms with Gasteiger partial charge in [-0.1, -0.05) is 22.9 Å². The molecule has 1 amide bonds. The number of nitrogens with zero attached hydrogens (tertiary/aromatic N) is 3. The van der Waals surface area contributed by atoms with Crippen molar-refractivity contribution in [2.75, 3.05) is 0 Å². The Bertz CT molecular complexity index is 754. The zero-order valence-corrected chi connectivity index (χ0v) is 12.4. The van der Waals surface area contributed by atoms with E-state index in [2.05, 4.69) is 15.6 Å². The largest absolute Gasteiger partial charge is 0.346 e. The van der Waals surface area contributed by atoms with Gasteiger partial charge in [0.05, 0.1) is 18.4 Å². The number of benzene rings is 1. The predicted octanol–water partition coefficient (Wildman–Crippen LogP) is 2.91. The van der Waals surface area contributed by atoms with Crippen molar-refractivity contribution in [3.05, 3.63) is 63.6 Å². The normalized spacial score (nSPS) is 10.5. The monoisotopic (exact) mass is 318 g/mol. The second-order valence-corrected chi connectivity index (χ2v) is 5.55. The van der Waals surface area contributed by atoms with Gasteiger partial charge in [-0.3, -0.25) is 4.79 Å². The zero-order valence-electron chi connectivity index (χ0n) is 10.9. The first-order valence-electron chi connectivity index (χ1n) is 6.20. The van der Waals surface area contributed by atoms with Crippen LogP contribution in [-0.2, 0) is 6.54 Å². The van der Waals surface area contributed by atoms with Crippen LogP contribution in [0.2, 0.25) is 5.02 Å². The Balaban J connectivity index is 1.64. The summed E-state index contributed by atoms with van der Waals surface area (Å²) >= 11 is 7.45. The molecule has 3 aromatic rings. The summed E-state index contributed by atoms with van der Waals surface area (Å²) in [6.45, 7) is 0.315. The Labute approximate surface area is 130 Å². The SMILES string of the molecule is O=C(NCc1cn(-c2ccsc2)nn1)c1cccc(Cl)c1. The lowest BCUT2D eigenvalue weighted by molar-refractivity contribution is 0.0950. The van der Waals surface area contributed by atoms with Crippen molar-refractivity contribution in [3.63, 3.8) is 0 Å². The summed E-state index contributed by atoms with van der Waals surface area (Å²) in [4.78, 5) is 12.0. The van der Waals surface area contributed by atoms with Gasteiger partial charge < -0.3 is 5.32 Å². The van der Waals surface area contributed by atoms with Crippen molar-refractivity contribution in [1.29, 1.82) is 0 Å². The van der Waals surface area contributed by atoms with Crippen molar-refractivity contribution in [2.24, 2.45) is 0 Å². The number of amides is 1. The molecular weight excluding hydrogens is 308 g/mol. The fourth-order valence-electron chi connectivity index (χ4n) is 1.80. The first-order valence-corrected chi connectivity index (χ1v) is 7.52. The molecule has 1 aromatic carbocycles. The fourth-order valence-corrected chi connectivity index (χ4v) is 2.61. The summed E-state index contributed by atoms with van der Waals surface area (Å²) in [7, 11) is 0. The third kappa shape index (κ3) is 3.29. The highest BCUT2D eigenvalue weighted by Gasteiger charge is 2.08. The summed E-state index contributed by atoms with van der Waals surface area (Å²) in [6.07, 6.45) is 1.79. The molecule has 0 bridgehead atoms. The number of carbonyl (C=O) groups is 1. The average molecular weight is 319 g/mol. The van der Waals surface area contributed by atoms with Gasteiger partial charge in [-0.05, 0) is 29.6 Å². The van der Waals surface area contributed by atoms with Gasteiger partial charge in [0.15, 0.2) is 0 Å². The molecule has 106 valence electrons. The Kier molecular flexibility index (Phi) is 3.98. The number of carbonyl (C=O) groups excluding carboxylic acids is 1. The highest BCUT2D eigenvalue weighted by atomic mass is 35.5. The molecule has 0 unspecified atom stereocenters. The van der Waals surface area contributed by atoms with Crippen LogP contribution in [0.3, 0.4) is 0 Å². The van der Waals surface area contributed by atoms with Crippen LogP contribution in [-0.4, -0.2) is 20.9 Å². The van der Waals surface area contributed by atoms with Crippen molar-refractivity contribution in [2.45, 2.75) is 6.54 Å². The van der Waals surface area contributed by atoms with Gasteiger partial charge in [-0.2, -0.15) is 11.3 Å². The lowest BCUT2D eigenvalue weighted by atomic mass is 10.2. The molecule has 2 aromatic heterocycles. The van der Waals surface area contributed by atoms with Gasteiger partial charge in [-0.15, -0.1) is 5.10 Å². The van der Waals surface area contributed by atoms with Crippen molar-refractivity contribution >= 4 is 28.8 Å². The van der Waals surface area contributed by atoms with E-state index in [4.69, 9.17) is 11.6 Å². The van der Waals surface area contributed by atoms with Gasteiger partial charge in [0.25, 0.3) is 5.91 Å². The number of nitrogens with one attached hydrogen (secondary N) is 1. The second kappa shape index (κ2) is 6.07. The second-order valence-electron chi connectivity index (χ2n) is 4.33. The molecular formula is C14H11ClN4OS. The van der Waals surface area contributed by atoms with Crippen LogP contribution in [0.25, 0.3) is 5.69 Å². The van der Waals surface area contributed by atoms with Crippen molar-refractivity contribution in [1.82, 2.24) is 20.3 Å². The molecule has 5 nitrogen and oxygen atoms in total. The average Bonchev–Trinajstić information content (AvgIpc) is 3.15. The molecule has 7 heteroatoms. The Morgan fingerprint density at radius 1 is 1.38 bits per heavy atom. The number of thiophene rings is 1. The van der Waals surface area contributed by atoms with Crippen LogP contribution in [0.1, 0.15) is 16.1 Å². The Morgan fingerprint density at radius 2 is 2.29 bits per heavy atom. The van der Waals surface area contributed by atoms with E-state index in [1.807, 2.05) is 16.8 Å². The molecule has 0 aliphatic carbocycles. The number of hydrogen-bond acceptors (Lipinski definition) is 4. The van der Waals surface area contributed by atoms with E-state index < -0.39 is 0 Å². The third-order valence-corrected chi connectivity index (χ3v) is 3.73. The molecule has 21 heavy (non-hydrogen) atoms. The van der Waals surface area contributed by atoms with Gasteiger partial charge in [0, 0.05) is 16.0 Å². The van der Waals surface area contributed by atoms with Crippen LogP contribution in [0.4, 0.5) is 0 Å². The maximum atomic E-state index is 12.0. The standard InChI is InChI=1S/C14H11ClN4OS/c15-11-3-1-2-10(6-11)14(20)16-7-12-8-19(18-17-12)13-4-5-21-9-13/h1-6,8-9H,7H2,(H,16,20). The van der Waals surface area contributed by atoms with Gasteiger partial charge >= 0.3 is 0 Å². The third-order valence-electron chi connectivity index (χ3n) is 2.83. The minimum Gasteiger partial charge on any atom is -0.346 e. The maximum absolute atomic E-state index is 12.0. The molecule has 0 saturated carbocycles. The summed E-state index contributed by atoms with van der Waals surface area (Å²) in [5, 5.41) is 15.3. The molecule has 3 rings (SSSR count). The van der Waals surface area contributed by atoms with E-state index in [1.54, 1.807) is 46.5 Å². The topological polar surface area (TPSA) is 59.8 Å². The first-order chi connectivity index (χ1) is 10.2. The highest BCUT2D eigenvalue weighted by molar-refractivity contribution is 7.08. The van der Waals surface area contributed by atoms with Crippen LogP contribution < -0.4 is 5.32 Å². The summed E-state index contributed by atoms with van der Waals surface area (Å²) in [5.74, 6) is -0.192. The van der Waals surface area contributed by atoms with Crippen LogP contribution in [0, 0.1) is 0 Å². The van der Waals surface area contributed by atoms with E-state index in [-0.39, 0.29) is 5.91 Å². The quantitative estimate of drug-likeness (QED) is 0.804. The molecule has 0 fully saturated rings. The van der Waals surface area contributed by atoms with Crippen LogP contribution in [0.5, 0.6) is 0 Å². The lowest BCUT2D eigenvalue weighted by Crippen LogP contribution is -2.22. The number of hydrogen-bond donors (Lipinski definition) is 1. The summed E-state index contributed by atoms with van der Waals surface area (Å²) in [6, 6.07) is 8.76. The lowest BCUT2D eigenvalue weighted by Gasteiger charge is -2.03. The number of aromatic nitrogens is 3. The minimum atomic E-state index is -0.192. The highest BCUT2D eigenvalue weighted by Crippen LogP contribution is 2.12. The summed E-state index contributed by atoms with van der Waals surface area (Å²) < 4.78 is 1.68. The molecule has 0 radical (unpaired) electrons. The predicted molar refractivity (Wildman–Crippen MR) is 81.9 cm³/mol. The Morgan fingerprint density at radius 3 is 3.05 bits per heavy atom. The van der Waals surface area contributed by atoms with Crippen LogP contribution in [0.15, 0.2) is 47.3 Å². The van der Waals surface area contributed by atoms with Crippen LogP contribution >= 0.6 is 22.9 Å².